The van der Waals surface area contributed by atoms with Gasteiger partial charge in [-0.15, -0.1) is 0 Å². The van der Waals surface area contributed by atoms with Crippen LogP contribution in [0.2, 0.25) is 5.02 Å². The molecule has 0 aliphatic rings. The van der Waals surface area contributed by atoms with Gasteiger partial charge in [0, 0.05) is 16.0 Å². The minimum absolute atomic E-state index is 0.0756. The van der Waals surface area contributed by atoms with Gasteiger partial charge in [0.1, 0.15) is 5.82 Å². The molecular weight excluding hydrogens is 358 g/mol. The van der Waals surface area contributed by atoms with E-state index in [9.17, 15) is 17.6 Å². The molecule has 0 fully saturated rings. The molecule has 0 unspecified atom stereocenters. The summed E-state index contributed by atoms with van der Waals surface area (Å²) in [5.74, 6) is -0.250. The van der Waals surface area contributed by atoms with E-state index in [1.807, 2.05) is 0 Å². The molecule has 0 N–H and O–H groups in total. The van der Waals surface area contributed by atoms with Gasteiger partial charge in [0.2, 0.25) is 0 Å². The van der Waals surface area contributed by atoms with Crippen LogP contribution in [0.5, 0.6) is 5.75 Å². The Balaban J connectivity index is 2.54. The van der Waals surface area contributed by atoms with E-state index in [0.29, 0.717) is 0 Å². The lowest BCUT2D eigenvalue weighted by atomic mass is 9.83. The molecule has 0 heterocycles. The Bertz CT molecular complexity index is 777. The van der Waals surface area contributed by atoms with Crippen molar-refractivity contribution < 1.29 is 22.4 Å². The molecule has 0 aromatic heterocycles. The summed E-state index contributed by atoms with van der Waals surface area (Å²) in [6.07, 6.45) is -4.57. The number of hydrogen-bond donors (Lipinski definition) is 0. The highest BCUT2D eigenvalue weighted by atomic mass is 35.5. The maximum atomic E-state index is 13.4. The number of rotatable bonds is 3. The molecular formula is C18H16ClF4NO. The number of nitrogens with zero attached hydrogens (tertiary/aromatic N) is 1. The number of halogens is 5. The van der Waals surface area contributed by atoms with Crippen molar-refractivity contribution in [2.45, 2.75) is 26.9 Å². The molecule has 2 aromatic carbocycles. The molecule has 0 bridgehead atoms. The molecule has 0 spiro atoms. The molecule has 25 heavy (non-hydrogen) atoms. The van der Waals surface area contributed by atoms with E-state index in [-0.39, 0.29) is 22.0 Å². The monoisotopic (exact) mass is 373 g/mol. The van der Waals surface area contributed by atoms with Crippen LogP contribution in [-0.4, -0.2) is 5.71 Å². The average Bonchev–Trinajstić information content (AvgIpc) is 2.47. The van der Waals surface area contributed by atoms with Gasteiger partial charge in [-0.05, 0) is 42.5 Å². The van der Waals surface area contributed by atoms with Crippen molar-refractivity contribution in [3.8, 4) is 5.75 Å². The predicted octanol–water partition coefficient (Wildman–Crippen LogP) is 6.33. The van der Waals surface area contributed by atoms with E-state index in [4.69, 9.17) is 16.4 Å². The average molecular weight is 374 g/mol. The zero-order valence-corrected chi connectivity index (χ0v) is 14.5. The van der Waals surface area contributed by atoms with Gasteiger partial charge in [0.25, 0.3) is 0 Å². The first-order valence-corrected chi connectivity index (χ1v) is 7.74. The summed E-state index contributed by atoms with van der Waals surface area (Å²) in [5, 5.41) is 4.07. The highest BCUT2D eigenvalue weighted by Gasteiger charge is 2.37. The maximum Gasteiger partial charge on any atom is 0.417 e. The Kier molecular flexibility index (Phi) is 5.42. The zero-order chi connectivity index (χ0) is 18.8. The summed E-state index contributed by atoms with van der Waals surface area (Å²) in [6, 6.07) is 8.31. The van der Waals surface area contributed by atoms with Gasteiger partial charge in [-0.1, -0.05) is 37.5 Å². The molecule has 2 nitrogen and oxygen atoms in total. The van der Waals surface area contributed by atoms with Crippen molar-refractivity contribution in [2.24, 2.45) is 10.6 Å². The minimum atomic E-state index is -4.57. The lowest BCUT2D eigenvalue weighted by Crippen LogP contribution is -2.26. The summed E-state index contributed by atoms with van der Waals surface area (Å²) in [6.45, 7) is 5.13. The molecule has 0 aliphatic carbocycles. The molecule has 0 radical (unpaired) electrons. The number of oxime groups is 1. The second-order valence-corrected chi connectivity index (χ2v) is 6.86. The molecule has 134 valence electrons. The van der Waals surface area contributed by atoms with Gasteiger partial charge in [-0.25, -0.2) is 4.39 Å². The summed E-state index contributed by atoms with van der Waals surface area (Å²) in [7, 11) is 0. The number of benzene rings is 2. The van der Waals surface area contributed by atoms with Crippen LogP contribution in [0.4, 0.5) is 17.6 Å². The second kappa shape index (κ2) is 7.04. The Labute approximate surface area is 148 Å². The molecule has 0 saturated heterocycles. The Morgan fingerprint density at radius 3 is 2.12 bits per heavy atom. The SMILES string of the molecule is CC(C)(C)/C(=N\Oc1ccc(F)cc1)c1cc(Cl)ccc1C(F)(F)F. The van der Waals surface area contributed by atoms with Crippen LogP contribution in [0, 0.1) is 11.2 Å². The number of alkyl halides is 3. The Morgan fingerprint density at radius 1 is 1.00 bits per heavy atom. The lowest BCUT2D eigenvalue weighted by molar-refractivity contribution is -0.137. The predicted molar refractivity (Wildman–Crippen MR) is 89.5 cm³/mol. The van der Waals surface area contributed by atoms with Crippen LogP contribution < -0.4 is 4.84 Å². The van der Waals surface area contributed by atoms with E-state index < -0.39 is 23.0 Å². The van der Waals surface area contributed by atoms with Crippen molar-refractivity contribution in [3.05, 3.63) is 64.4 Å². The summed E-state index contributed by atoms with van der Waals surface area (Å²) >= 11 is 5.89. The highest BCUT2D eigenvalue weighted by Crippen LogP contribution is 2.36. The first-order chi connectivity index (χ1) is 11.5. The van der Waals surface area contributed by atoms with Crippen LogP contribution in [-0.2, 0) is 6.18 Å². The lowest BCUT2D eigenvalue weighted by Gasteiger charge is -2.24. The van der Waals surface area contributed by atoms with Gasteiger partial charge in [0.15, 0.2) is 5.75 Å². The van der Waals surface area contributed by atoms with E-state index in [1.54, 1.807) is 20.8 Å². The van der Waals surface area contributed by atoms with E-state index in [0.717, 1.165) is 6.07 Å². The minimum Gasteiger partial charge on any atom is -0.357 e. The first-order valence-electron chi connectivity index (χ1n) is 7.36. The number of hydrogen-bond acceptors (Lipinski definition) is 2. The van der Waals surface area contributed by atoms with Gasteiger partial charge in [-0.2, -0.15) is 13.2 Å². The Hall–Kier alpha value is -2.08. The molecule has 2 rings (SSSR count). The largest absolute Gasteiger partial charge is 0.417 e. The van der Waals surface area contributed by atoms with Crippen LogP contribution >= 0.6 is 11.6 Å². The van der Waals surface area contributed by atoms with Gasteiger partial charge in [0.05, 0.1) is 11.3 Å². The third-order valence-corrected chi connectivity index (χ3v) is 3.54. The summed E-state index contributed by atoms with van der Waals surface area (Å²) in [5.41, 5.74) is -1.69. The van der Waals surface area contributed by atoms with Crippen molar-refractivity contribution in [3.63, 3.8) is 0 Å². The van der Waals surface area contributed by atoms with Crippen LogP contribution in [0.15, 0.2) is 47.6 Å². The normalized spacial score (nSPS) is 13.0. The van der Waals surface area contributed by atoms with Crippen LogP contribution in [0.3, 0.4) is 0 Å². The van der Waals surface area contributed by atoms with Crippen molar-refractivity contribution in [1.82, 2.24) is 0 Å². The quantitative estimate of drug-likeness (QED) is 0.350. The van der Waals surface area contributed by atoms with Gasteiger partial charge < -0.3 is 4.84 Å². The molecule has 7 heteroatoms. The van der Waals surface area contributed by atoms with Crippen molar-refractivity contribution in [1.29, 1.82) is 0 Å². The van der Waals surface area contributed by atoms with Crippen molar-refractivity contribution in [2.75, 3.05) is 0 Å². The molecule has 0 aliphatic heterocycles. The smallest absolute Gasteiger partial charge is 0.357 e. The molecule has 0 amide bonds. The zero-order valence-electron chi connectivity index (χ0n) is 13.8. The fourth-order valence-corrected chi connectivity index (χ4v) is 2.32. The van der Waals surface area contributed by atoms with E-state index in [1.165, 1.54) is 36.4 Å². The van der Waals surface area contributed by atoms with Gasteiger partial charge in [-0.3, -0.25) is 0 Å². The summed E-state index contributed by atoms with van der Waals surface area (Å²) < 4.78 is 53.0. The molecule has 0 saturated carbocycles. The van der Waals surface area contributed by atoms with Crippen molar-refractivity contribution >= 4 is 17.3 Å². The molecule has 2 aromatic rings. The maximum absolute atomic E-state index is 13.4. The van der Waals surface area contributed by atoms with Crippen LogP contribution in [0.1, 0.15) is 31.9 Å². The summed E-state index contributed by atoms with van der Waals surface area (Å²) in [4.78, 5) is 5.22. The van der Waals surface area contributed by atoms with Crippen LogP contribution in [0.25, 0.3) is 0 Å². The van der Waals surface area contributed by atoms with E-state index >= 15 is 0 Å². The van der Waals surface area contributed by atoms with Gasteiger partial charge >= 0.3 is 6.18 Å². The molecule has 0 atom stereocenters. The third-order valence-electron chi connectivity index (χ3n) is 3.31. The third kappa shape index (κ3) is 4.95. The fraction of sp³-hybridized carbons (Fsp3) is 0.278. The Morgan fingerprint density at radius 2 is 1.60 bits per heavy atom. The second-order valence-electron chi connectivity index (χ2n) is 6.42. The standard InChI is InChI=1S/C18H16ClF4NO/c1-17(2,3)16(24-25-13-7-5-12(20)6-8-13)14-10-11(19)4-9-15(14)18(21,22)23/h4-10H,1-3H3/b24-16-. The topological polar surface area (TPSA) is 21.6 Å². The fourth-order valence-electron chi connectivity index (χ4n) is 2.14. The highest BCUT2D eigenvalue weighted by molar-refractivity contribution is 6.31. The van der Waals surface area contributed by atoms with E-state index in [2.05, 4.69) is 5.16 Å². The first kappa shape index (κ1) is 19.2.